The second-order valence-electron chi connectivity index (χ2n) is 3.81. The number of hydrogen-bond donors (Lipinski definition) is 2. The number of carbonyl (C=O) groups is 1. The van der Waals surface area contributed by atoms with Crippen molar-refractivity contribution in [1.29, 1.82) is 0 Å². The third kappa shape index (κ3) is 2.14. The van der Waals surface area contributed by atoms with E-state index in [1.54, 1.807) is 25.4 Å². The molecule has 0 saturated carbocycles. The van der Waals surface area contributed by atoms with E-state index in [0.717, 1.165) is 6.54 Å². The first kappa shape index (κ1) is 10.9. The molecule has 0 unspecified atom stereocenters. The standard InChI is InChI=1S/C11H15N3O2/c1-7-10(6-13-7)16-8-3-4-9(14-5-8)11(15)12-2/h3-5,7,10,13H,6H2,1-2H3,(H,12,15)/t7-,10+/m0/s1. The van der Waals surface area contributed by atoms with E-state index in [0.29, 0.717) is 17.5 Å². The lowest BCUT2D eigenvalue weighted by Gasteiger charge is -2.35. The molecule has 16 heavy (non-hydrogen) atoms. The summed E-state index contributed by atoms with van der Waals surface area (Å²) in [5.41, 5.74) is 0.398. The van der Waals surface area contributed by atoms with Gasteiger partial charge in [0.05, 0.1) is 6.20 Å². The molecule has 2 rings (SSSR count). The SMILES string of the molecule is CNC(=O)c1ccc(O[C@@H]2CN[C@H]2C)cn1. The predicted molar refractivity (Wildman–Crippen MR) is 59.5 cm³/mol. The van der Waals surface area contributed by atoms with Gasteiger partial charge in [-0.25, -0.2) is 4.98 Å². The minimum atomic E-state index is -0.190. The average molecular weight is 221 g/mol. The first-order valence-corrected chi connectivity index (χ1v) is 5.29. The van der Waals surface area contributed by atoms with Crippen LogP contribution < -0.4 is 15.4 Å². The smallest absolute Gasteiger partial charge is 0.269 e. The molecule has 0 aromatic carbocycles. The van der Waals surface area contributed by atoms with Gasteiger partial charge in [-0.15, -0.1) is 0 Å². The van der Waals surface area contributed by atoms with Crippen LogP contribution in [0.2, 0.25) is 0 Å². The number of amides is 1. The topological polar surface area (TPSA) is 63.2 Å². The van der Waals surface area contributed by atoms with E-state index < -0.39 is 0 Å². The molecule has 1 amide bonds. The van der Waals surface area contributed by atoms with Crippen LogP contribution in [-0.4, -0.2) is 36.6 Å². The second-order valence-corrected chi connectivity index (χ2v) is 3.81. The van der Waals surface area contributed by atoms with Crippen LogP contribution in [0.15, 0.2) is 18.3 Å². The third-order valence-electron chi connectivity index (χ3n) is 2.68. The number of nitrogens with zero attached hydrogens (tertiary/aromatic N) is 1. The van der Waals surface area contributed by atoms with E-state index in [-0.39, 0.29) is 12.0 Å². The average Bonchev–Trinajstić information content (AvgIpc) is 2.34. The van der Waals surface area contributed by atoms with Gasteiger partial charge in [0.25, 0.3) is 5.91 Å². The second kappa shape index (κ2) is 4.49. The summed E-state index contributed by atoms with van der Waals surface area (Å²) in [4.78, 5) is 15.3. The van der Waals surface area contributed by atoms with Crippen molar-refractivity contribution in [2.75, 3.05) is 13.6 Å². The summed E-state index contributed by atoms with van der Waals surface area (Å²) < 4.78 is 5.67. The predicted octanol–water partition coefficient (Wildman–Crippen LogP) is 0.180. The van der Waals surface area contributed by atoms with Gasteiger partial charge in [0, 0.05) is 19.6 Å². The van der Waals surface area contributed by atoms with Crippen molar-refractivity contribution in [1.82, 2.24) is 15.6 Å². The summed E-state index contributed by atoms with van der Waals surface area (Å²) in [5.74, 6) is 0.510. The Morgan fingerprint density at radius 3 is 2.88 bits per heavy atom. The van der Waals surface area contributed by atoms with Gasteiger partial charge in [0.2, 0.25) is 0 Å². The molecule has 5 heteroatoms. The molecular weight excluding hydrogens is 206 g/mol. The van der Waals surface area contributed by atoms with Crippen molar-refractivity contribution in [3.63, 3.8) is 0 Å². The molecule has 5 nitrogen and oxygen atoms in total. The van der Waals surface area contributed by atoms with Crippen LogP contribution >= 0.6 is 0 Å². The maximum absolute atomic E-state index is 11.2. The highest BCUT2D eigenvalue weighted by Crippen LogP contribution is 2.15. The highest BCUT2D eigenvalue weighted by molar-refractivity contribution is 5.91. The molecule has 1 aliphatic heterocycles. The van der Waals surface area contributed by atoms with Crippen LogP contribution in [0.1, 0.15) is 17.4 Å². The van der Waals surface area contributed by atoms with Gasteiger partial charge >= 0.3 is 0 Å². The molecule has 1 fully saturated rings. The van der Waals surface area contributed by atoms with Gasteiger partial charge < -0.3 is 15.4 Å². The van der Waals surface area contributed by atoms with Crippen molar-refractivity contribution in [3.05, 3.63) is 24.0 Å². The van der Waals surface area contributed by atoms with Gasteiger partial charge in [-0.1, -0.05) is 0 Å². The van der Waals surface area contributed by atoms with E-state index in [2.05, 4.69) is 22.5 Å². The zero-order valence-electron chi connectivity index (χ0n) is 9.36. The van der Waals surface area contributed by atoms with Gasteiger partial charge in [0.1, 0.15) is 17.5 Å². The van der Waals surface area contributed by atoms with Crippen LogP contribution in [0.5, 0.6) is 5.75 Å². The highest BCUT2D eigenvalue weighted by Gasteiger charge is 2.27. The number of ether oxygens (including phenoxy) is 1. The molecule has 1 aliphatic rings. The zero-order chi connectivity index (χ0) is 11.5. The Bertz CT molecular complexity index is 377. The van der Waals surface area contributed by atoms with Crippen LogP contribution in [0.3, 0.4) is 0 Å². The summed E-state index contributed by atoms with van der Waals surface area (Å²) in [5, 5.41) is 5.73. The molecule has 0 aliphatic carbocycles. The maximum atomic E-state index is 11.2. The van der Waals surface area contributed by atoms with E-state index in [4.69, 9.17) is 4.74 Å². The Kier molecular flexibility index (Phi) is 3.05. The van der Waals surface area contributed by atoms with E-state index in [9.17, 15) is 4.79 Å². The molecule has 1 aromatic heterocycles. The maximum Gasteiger partial charge on any atom is 0.269 e. The summed E-state index contributed by atoms with van der Waals surface area (Å²) in [6.45, 7) is 2.93. The Hall–Kier alpha value is -1.62. The molecule has 0 radical (unpaired) electrons. The molecular formula is C11H15N3O2. The lowest BCUT2D eigenvalue weighted by Crippen LogP contribution is -2.58. The van der Waals surface area contributed by atoms with Crippen LogP contribution in [0.4, 0.5) is 0 Å². The number of rotatable bonds is 3. The number of hydrogen-bond acceptors (Lipinski definition) is 4. The summed E-state index contributed by atoms with van der Waals surface area (Å²) in [6.07, 6.45) is 1.78. The minimum absolute atomic E-state index is 0.190. The molecule has 0 bridgehead atoms. The largest absolute Gasteiger partial charge is 0.486 e. The zero-order valence-corrected chi connectivity index (χ0v) is 9.36. The Labute approximate surface area is 94.2 Å². The molecule has 1 aromatic rings. The van der Waals surface area contributed by atoms with Crippen LogP contribution in [-0.2, 0) is 0 Å². The molecule has 86 valence electrons. The fourth-order valence-electron chi connectivity index (χ4n) is 1.48. The van der Waals surface area contributed by atoms with Crippen molar-refractivity contribution in [2.45, 2.75) is 19.1 Å². The Balaban J connectivity index is 1.99. The first-order chi connectivity index (χ1) is 7.70. The molecule has 2 atom stereocenters. The van der Waals surface area contributed by atoms with Crippen molar-refractivity contribution >= 4 is 5.91 Å². The highest BCUT2D eigenvalue weighted by atomic mass is 16.5. The molecule has 1 saturated heterocycles. The first-order valence-electron chi connectivity index (χ1n) is 5.29. The van der Waals surface area contributed by atoms with Gasteiger partial charge in [0.15, 0.2) is 0 Å². The Morgan fingerprint density at radius 2 is 2.44 bits per heavy atom. The normalized spacial score (nSPS) is 23.4. The molecule has 2 N–H and O–H groups in total. The summed E-state index contributed by atoms with van der Waals surface area (Å²) in [6, 6.07) is 3.80. The number of carbonyl (C=O) groups excluding carboxylic acids is 1. The van der Waals surface area contributed by atoms with Gasteiger partial charge in [-0.05, 0) is 19.1 Å². The lowest BCUT2D eigenvalue weighted by molar-refractivity contribution is 0.0928. The lowest BCUT2D eigenvalue weighted by atomic mass is 10.1. The number of aromatic nitrogens is 1. The van der Waals surface area contributed by atoms with Crippen molar-refractivity contribution < 1.29 is 9.53 Å². The van der Waals surface area contributed by atoms with Crippen LogP contribution in [0.25, 0.3) is 0 Å². The van der Waals surface area contributed by atoms with Crippen molar-refractivity contribution in [3.8, 4) is 5.75 Å². The Morgan fingerprint density at radius 1 is 1.62 bits per heavy atom. The fraction of sp³-hybridized carbons (Fsp3) is 0.455. The van der Waals surface area contributed by atoms with E-state index in [1.807, 2.05) is 0 Å². The molecule has 2 heterocycles. The van der Waals surface area contributed by atoms with E-state index in [1.165, 1.54) is 0 Å². The third-order valence-corrected chi connectivity index (χ3v) is 2.68. The molecule has 0 spiro atoms. The fourth-order valence-corrected chi connectivity index (χ4v) is 1.48. The van der Waals surface area contributed by atoms with Crippen LogP contribution in [0, 0.1) is 0 Å². The quantitative estimate of drug-likeness (QED) is 0.764. The van der Waals surface area contributed by atoms with Crippen molar-refractivity contribution in [2.24, 2.45) is 0 Å². The van der Waals surface area contributed by atoms with Gasteiger partial charge in [-0.3, -0.25) is 4.79 Å². The minimum Gasteiger partial charge on any atom is -0.486 e. The summed E-state index contributed by atoms with van der Waals surface area (Å²) >= 11 is 0. The van der Waals surface area contributed by atoms with E-state index >= 15 is 0 Å². The number of nitrogens with one attached hydrogen (secondary N) is 2. The monoisotopic (exact) mass is 221 g/mol. The summed E-state index contributed by atoms with van der Waals surface area (Å²) in [7, 11) is 1.58. The van der Waals surface area contributed by atoms with Gasteiger partial charge in [-0.2, -0.15) is 0 Å². The number of pyridine rings is 1.